The first kappa shape index (κ1) is 30.0. The molecule has 2 saturated carbocycles. The molecule has 0 radical (unpaired) electrons. The van der Waals surface area contributed by atoms with Gasteiger partial charge >= 0.3 is 0 Å². The Morgan fingerprint density at radius 2 is 1.59 bits per heavy atom. The molecule has 6 heteroatoms. The number of amides is 1. The van der Waals surface area contributed by atoms with E-state index in [0.29, 0.717) is 25.3 Å². The molecule has 6 atom stereocenters. The highest BCUT2D eigenvalue weighted by molar-refractivity contribution is 5.94. The van der Waals surface area contributed by atoms with Crippen molar-refractivity contribution in [1.29, 1.82) is 0 Å². The van der Waals surface area contributed by atoms with Crippen LogP contribution in [0.15, 0.2) is 0 Å². The van der Waals surface area contributed by atoms with Gasteiger partial charge in [-0.15, -0.1) is 0 Å². The Labute approximate surface area is 224 Å². The van der Waals surface area contributed by atoms with Gasteiger partial charge < -0.3 is 10.0 Å². The molecule has 0 aromatic heterocycles. The topological polar surface area (TPSA) is 91.8 Å². The van der Waals surface area contributed by atoms with E-state index in [9.17, 15) is 24.3 Å². The molecule has 3 fully saturated rings. The summed E-state index contributed by atoms with van der Waals surface area (Å²) in [5, 5.41) is 10.7. The van der Waals surface area contributed by atoms with E-state index in [-0.39, 0.29) is 58.8 Å². The average molecular weight is 518 g/mol. The molecule has 1 aliphatic heterocycles. The number of rotatable bonds is 11. The Morgan fingerprint density at radius 3 is 2.05 bits per heavy atom. The number of Topliss-reactive ketones (excluding diaryl/α,β-unsaturated/α-hetero) is 3. The van der Waals surface area contributed by atoms with E-state index in [2.05, 4.69) is 13.8 Å². The number of carbonyl (C=O) groups excluding carboxylic acids is 4. The third-order valence-electron chi connectivity index (χ3n) is 9.51. The fourth-order valence-electron chi connectivity index (χ4n) is 6.93. The minimum atomic E-state index is -1.14. The molecule has 2 aliphatic carbocycles. The predicted octanol–water partition coefficient (Wildman–Crippen LogP) is 5.24. The first-order valence-corrected chi connectivity index (χ1v) is 14.4. The summed E-state index contributed by atoms with van der Waals surface area (Å²) in [5.74, 6) is -0.440. The zero-order chi connectivity index (χ0) is 28.1. The predicted molar refractivity (Wildman–Crippen MR) is 145 cm³/mol. The molecule has 3 aliphatic rings. The molecular formula is C31H51NO5. The van der Waals surface area contributed by atoms with Crippen LogP contribution in [0.5, 0.6) is 0 Å². The lowest BCUT2D eigenvalue weighted by Crippen LogP contribution is -2.51. The number of carbonyl (C=O) groups is 4. The second-order valence-corrected chi connectivity index (χ2v) is 15.3. The molecule has 3 unspecified atom stereocenters. The van der Waals surface area contributed by atoms with Gasteiger partial charge in [-0.25, -0.2) is 0 Å². The quantitative estimate of drug-likeness (QED) is 0.404. The molecule has 1 amide bonds. The molecule has 3 rings (SSSR count). The first-order chi connectivity index (χ1) is 16.8. The summed E-state index contributed by atoms with van der Waals surface area (Å²) in [7, 11) is 0. The molecule has 6 nitrogen and oxygen atoms in total. The second kappa shape index (κ2) is 10.5. The number of ketones is 3. The van der Waals surface area contributed by atoms with Crippen LogP contribution in [0.3, 0.4) is 0 Å². The number of aliphatic hydroxyl groups excluding tert-OH is 1. The number of hydrogen-bond donors (Lipinski definition) is 1. The Balaban J connectivity index is 1.83. The number of likely N-dealkylation sites (tertiary alicyclic amines) is 1. The lowest BCUT2D eigenvalue weighted by Gasteiger charge is -2.38. The van der Waals surface area contributed by atoms with Crippen molar-refractivity contribution in [3.8, 4) is 0 Å². The lowest BCUT2D eigenvalue weighted by atomic mass is 9.74. The van der Waals surface area contributed by atoms with E-state index >= 15 is 0 Å². The van der Waals surface area contributed by atoms with Gasteiger partial charge in [-0.3, -0.25) is 19.2 Å². The average Bonchev–Trinajstić information content (AvgIpc) is 3.06. The van der Waals surface area contributed by atoms with E-state index < -0.39 is 29.4 Å². The summed E-state index contributed by atoms with van der Waals surface area (Å²) in [6.45, 7) is 18.3. The van der Waals surface area contributed by atoms with Crippen LogP contribution in [0.4, 0.5) is 0 Å². The number of nitrogens with zero attached hydrogens (tertiary/aromatic N) is 1. The molecule has 0 aromatic carbocycles. The molecule has 0 bridgehead atoms. The van der Waals surface area contributed by atoms with Crippen LogP contribution >= 0.6 is 0 Å². The summed E-state index contributed by atoms with van der Waals surface area (Å²) >= 11 is 0. The van der Waals surface area contributed by atoms with Crippen LogP contribution in [-0.4, -0.2) is 52.0 Å². The molecule has 1 heterocycles. The summed E-state index contributed by atoms with van der Waals surface area (Å²) in [6.07, 6.45) is 3.57. The van der Waals surface area contributed by atoms with Gasteiger partial charge in [0.1, 0.15) is 11.9 Å². The maximum Gasteiger partial charge on any atom is 0.227 e. The molecule has 0 aromatic rings. The number of aliphatic hydroxyl groups is 1. The molecule has 210 valence electrons. The third-order valence-corrected chi connectivity index (χ3v) is 9.51. The van der Waals surface area contributed by atoms with Crippen molar-refractivity contribution in [2.45, 2.75) is 119 Å². The highest BCUT2D eigenvalue weighted by atomic mass is 16.3. The van der Waals surface area contributed by atoms with Crippen molar-refractivity contribution in [3.63, 3.8) is 0 Å². The van der Waals surface area contributed by atoms with Gasteiger partial charge in [0.15, 0.2) is 11.6 Å². The lowest BCUT2D eigenvalue weighted by molar-refractivity contribution is -0.148. The van der Waals surface area contributed by atoms with Crippen LogP contribution in [0.1, 0.15) is 107 Å². The maximum absolute atomic E-state index is 14.1. The smallest absolute Gasteiger partial charge is 0.227 e. The van der Waals surface area contributed by atoms with Gasteiger partial charge in [0.05, 0.1) is 6.04 Å². The Bertz CT molecular complexity index is 904. The minimum Gasteiger partial charge on any atom is -0.385 e. The van der Waals surface area contributed by atoms with Gasteiger partial charge in [-0.2, -0.15) is 0 Å². The van der Waals surface area contributed by atoms with Crippen LogP contribution in [0.25, 0.3) is 0 Å². The van der Waals surface area contributed by atoms with Gasteiger partial charge in [0, 0.05) is 31.7 Å². The summed E-state index contributed by atoms with van der Waals surface area (Å²) < 4.78 is 0. The zero-order valence-electron chi connectivity index (χ0n) is 24.7. The Kier molecular flexibility index (Phi) is 8.54. The number of hydrogen-bond acceptors (Lipinski definition) is 5. The van der Waals surface area contributed by atoms with Crippen molar-refractivity contribution < 1.29 is 24.3 Å². The second-order valence-electron chi connectivity index (χ2n) is 15.3. The first-order valence-electron chi connectivity index (χ1n) is 14.4. The van der Waals surface area contributed by atoms with Gasteiger partial charge in [-0.1, -0.05) is 74.7 Å². The van der Waals surface area contributed by atoms with Crippen LogP contribution in [0.2, 0.25) is 0 Å². The largest absolute Gasteiger partial charge is 0.385 e. The molecule has 1 saturated heterocycles. The van der Waals surface area contributed by atoms with Crippen LogP contribution < -0.4 is 0 Å². The highest BCUT2D eigenvalue weighted by Gasteiger charge is 2.69. The highest BCUT2D eigenvalue weighted by Crippen LogP contribution is 2.65. The van der Waals surface area contributed by atoms with Crippen molar-refractivity contribution in [3.05, 3.63) is 0 Å². The Morgan fingerprint density at radius 1 is 1.00 bits per heavy atom. The minimum absolute atomic E-state index is 0.0148. The number of piperidine rings is 1. The van der Waals surface area contributed by atoms with Crippen LogP contribution in [0, 0.1) is 45.8 Å². The van der Waals surface area contributed by atoms with Crippen molar-refractivity contribution in [2.75, 3.05) is 6.54 Å². The third kappa shape index (κ3) is 6.72. The summed E-state index contributed by atoms with van der Waals surface area (Å²) in [6, 6.07) is -0.543. The van der Waals surface area contributed by atoms with Gasteiger partial charge in [-0.05, 0) is 53.3 Å². The van der Waals surface area contributed by atoms with E-state index in [1.807, 2.05) is 41.5 Å². The monoisotopic (exact) mass is 517 g/mol. The molecule has 1 N–H and O–H groups in total. The molecule has 0 spiro atoms. The van der Waals surface area contributed by atoms with Gasteiger partial charge in [0.25, 0.3) is 0 Å². The summed E-state index contributed by atoms with van der Waals surface area (Å²) in [4.78, 5) is 54.8. The van der Waals surface area contributed by atoms with E-state index in [4.69, 9.17) is 0 Å². The number of fused-ring (bicyclic) bond motifs is 1. The summed E-state index contributed by atoms with van der Waals surface area (Å²) in [5.41, 5.74) is -0.579. The fraction of sp³-hybridized carbons (Fsp3) is 0.871. The zero-order valence-corrected chi connectivity index (χ0v) is 24.7. The van der Waals surface area contributed by atoms with Crippen molar-refractivity contribution in [2.24, 2.45) is 45.8 Å². The Hall–Kier alpha value is -1.56. The van der Waals surface area contributed by atoms with E-state index in [1.165, 1.54) is 6.92 Å². The van der Waals surface area contributed by atoms with Crippen LogP contribution in [-0.2, 0) is 19.2 Å². The van der Waals surface area contributed by atoms with E-state index in [1.54, 1.807) is 4.90 Å². The SMILES string of the molecule is CC(=O)C(O)C(CC(=O)[C@@H]1[C@@H]2[C@H](CN1C(=O)C(CC(=O)CC(C)(C)C)C(C)(C)C)C2(C)C)CC1CCC1. The normalized spacial score (nSPS) is 27.6. The molecular weight excluding hydrogens is 466 g/mol. The molecule has 37 heavy (non-hydrogen) atoms. The maximum atomic E-state index is 14.1. The fourth-order valence-corrected chi connectivity index (χ4v) is 6.93. The van der Waals surface area contributed by atoms with Crippen molar-refractivity contribution >= 4 is 23.3 Å². The van der Waals surface area contributed by atoms with Gasteiger partial charge in [0.2, 0.25) is 5.91 Å². The van der Waals surface area contributed by atoms with E-state index in [0.717, 1.165) is 19.3 Å². The standard InChI is InChI=1S/C31H51NO5/c1-18(33)27(36)20(13-19-11-10-12-19)14-24(35)26-25-23(31(25,8)9)17-32(26)28(37)22(30(5,6)7)15-21(34)16-29(2,3)4/h19-20,22-23,25-27,36H,10-17H2,1-9H3/t20?,22?,23-,25-,26+,27?/m0/s1. The van der Waals surface area contributed by atoms with Crippen molar-refractivity contribution in [1.82, 2.24) is 4.90 Å².